The first-order chi connectivity index (χ1) is 8.08. The molecule has 0 saturated carbocycles. The summed E-state index contributed by atoms with van der Waals surface area (Å²) in [5, 5.41) is 5.75. The molecule has 1 N–H and O–H groups in total. The number of piperazine rings is 1. The van der Waals surface area contributed by atoms with Gasteiger partial charge in [0.15, 0.2) is 0 Å². The standard InChI is InChI=1S/C13H21BrN2S/c1-9(2)12-6-15-10(3)7-16(12)8-13-11(14)4-5-17-13/h4-5,9-10,12,15H,6-8H2,1-3H3. The molecule has 1 aliphatic heterocycles. The minimum atomic E-state index is 0.601. The summed E-state index contributed by atoms with van der Waals surface area (Å²) in [6.45, 7) is 10.2. The molecule has 1 fully saturated rings. The summed E-state index contributed by atoms with van der Waals surface area (Å²) in [7, 11) is 0. The summed E-state index contributed by atoms with van der Waals surface area (Å²) in [6.07, 6.45) is 0. The maximum Gasteiger partial charge on any atom is 0.0343 e. The molecule has 2 rings (SSSR count). The van der Waals surface area contributed by atoms with Crippen LogP contribution in [-0.4, -0.2) is 30.1 Å². The Bertz CT molecular complexity index is 364. The molecule has 2 atom stereocenters. The van der Waals surface area contributed by atoms with Crippen molar-refractivity contribution in [1.29, 1.82) is 0 Å². The lowest BCUT2D eigenvalue weighted by atomic mass is 9.99. The molecule has 0 aromatic carbocycles. The summed E-state index contributed by atoms with van der Waals surface area (Å²) < 4.78 is 1.26. The van der Waals surface area contributed by atoms with Crippen molar-refractivity contribution in [3.05, 3.63) is 20.8 Å². The fourth-order valence-electron chi connectivity index (χ4n) is 2.46. The molecule has 0 spiro atoms. The highest BCUT2D eigenvalue weighted by Crippen LogP contribution is 2.26. The zero-order chi connectivity index (χ0) is 12.4. The van der Waals surface area contributed by atoms with Gasteiger partial charge in [0.25, 0.3) is 0 Å². The smallest absolute Gasteiger partial charge is 0.0343 e. The van der Waals surface area contributed by atoms with Gasteiger partial charge in [0.2, 0.25) is 0 Å². The van der Waals surface area contributed by atoms with E-state index >= 15 is 0 Å². The number of hydrogen-bond donors (Lipinski definition) is 1. The Balaban J connectivity index is 2.07. The first-order valence-electron chi connectivity index (χ1n) is 6.27. The van der Waals surface area contributed by atoms with E-state index in [0.29, 0.717) is 18.0 Å². The van der Waals surface area contributed by atoms with Gasteiger partial charge in [-0.2, -0.15) is 0 Å². The average molecular weight is 317 g/mol. The van der Waals surface area contributed by atoms with E-state index in [0.717, 1.165) is 19.6 Å². The molecule has 17 heavy (non-hydrogen) atoms. The van der Waals surface area contributed by atoms with Gasteiger partial charge in [-0.1, -0.05) is 13.8 Å². The highest BCUT2D eigenvalue weighted by atomic mass is 79.9. The summed E-state index contributed by atoms with van der Waals surface area (Å²) >= 11 is 5.48. The minimum absolute atomic E-state index is 0.601. The zero-order valence-electron chi connectivity index (χ0n) is 10.7. The Morgan fingerprint density at radius 2 is 2.35 bits per heavy atom. The summed E-state index contributed by atoms with van der Waals surface area (Å²) in [5.41, 5.74) is 0. The van der Waals surface area contributed by atoms with Crippen molar-refractivity contribution in [3.63, 3.8) is 0 Å². The first-order valence-corrected chi connectivity index (χ1v) is 7.94. The molecule has 1 saturated heterocycles. The second kappa shape index (κ2) is 5.83. The third-order valence-corrected chi connectivity index (χ3v) is 5.37. The topological polar surface area (TPSA) is 15.3 Å². The number of rotatable bonds is 3. The van der Waals surface area contributed by atoms with Gasteiger partial charge >= 0.3 is 0 Å². The van der Waals surface area contributed by atoms with Crippen molar-refractivity contribution in [2.45, 2.75) is 39.4 Å². The third kappa shape index (κ3) is 3.31. The monoisotopic (exact) mass is 316 g/mol. The molecule has 1 aromatic rings. The molecule has 4 heteroatoms. The molecule has 1 aromatic heterocycles. The first kappa shape index (κ1) is 13.5. The second-order valence-electron chi connectivity index (χ2n) is 5.24. The highest BCUT2D eigenvalue weighted by molar-refractivity contribution is 9.10. The molecule has 1 aliphatic rings. The van der Waals surface area contributed by atoms with Crippen LogP contribution >= 0.6 is 27.3 Å². The van der Waals surface area contributed by atoms with Gasteiger partial charge in [-0.05, 0) is 40.2 Å². The Labute approximate surface area is 117 Å². The van der Waals surface area contributed by atoms with Crippen molar-refractivity contribution >= 4 is 27.3 Å². The van der Waals surface area contributed by atoms with E-state index in [2.05, 4.69) is 58.4 Å². The van der Waals surface area contributed by atoms with Gasteiger partial charge in [-0.3, -0.25) is 4.90 Å². The largest absolute Gasteiger partial charge is 0.311 e. The maximum atomic E-state index is 3.63. The van der Waals surface area contributed by atoms with E-state index in [4.69, 9.17) is 0 Å². The minimum Gasteiger partial charge on any atom is -0.311 e. The van der Waals surface area contributed by atoms with E-state index in [9.17, 15) is 0 Å². The van der Waals surface area contributed by atoms with Gasteiger partial charge in [-0.25, -0.2) is 0 Å². The molecule has 2 heterocycles. The molecule has 96 valence electrons. The van der Waals surface area contributed by atoms with Crippen LogP contribution in [0.4, 0.5) is 0 Å². The van der Waals surface area contributed by atoms with Crippen molar-refractivity contribution in [2.24, 2.45) is 5.92 Å². The van der Waals surface area contributed by atoms with E-state index in [1.54, 1.807) is 0 Å². The molecule has 0 bridgehead atoms. The van der Waals surface area contributed by atoms with Gasteiger partial charge in [0.05, 0.1) is 0 Å². The molecular weight excluding hydrogens is 296 g/mol. The summed E-state index contributed by atoms with van der Waals surface area (Å²) in [5.74, 6) is 0.703. The fourth-order valence-corrected chi connectivity index (χ4v) is 3.97. The molecule has 0 radical (unpaired) electrons. The number of thiophene rings is 1. The van der Waals surface area contributed by atoms with Crippen LogP contribution in [-0.2, 0) is 6.54 Å². The van der Waals surface area contributed by atoms with Gasteiger partial charge in [0, 0.05) is 41.1 Å². The van der Waals surface area contributed by atoms with Crippen LogP contribution in [0.3, 0.4) is 0 Å². The van der Waals surface area contributed by atoms with Crippen LogP contribution in [0, 0.1) is 5.92 Å². The van der Waals surface area contributed by atoms with E-state index in [1.165, 1.54) is 9.35 Å². The van der Waals surface area contributed by atoms with Crippen LogP contribution < -0.4 is 5.32 Å². The number of nitrogens with one attached hydrogen (secondary N) is 1. The number of halogens is 1. The predicted molar refractivity (Wildman–Crippen MR) is 78.5 cm³/mol. The van der Waals surface area contributed by atoms with Crippen molar-refractivity contribution in [3.8, 4) is 0 Å². The van der Waals surface area contributed by atoms with Crippen LogP contribution in [0.15, 0.2) is 15.9 Å². The van der Waals surface area contributed by atoms with Gasteiger partial charge in [-0.15, -0.1) is 11.3 Å². The van der Waals surface area contributed by atoms with E-state index in [1.807, 2.05) is 11.3 Å². The normalized spacial score (nSPS) is 26.6. The lowest BCUT2D eigenvalue weighted by Gasteiger charge is -2.41. The summed E-state index contributed by atoms with van der Waals surface area (Å²) in [4.78, 5) is 4.08. The Hall–Kier alpha value is 0.1000. The summed E-state index contributed by atoms with van der Waals surface area (Å²) in [6, 6.07) is 3.40. The van der Waals surface area contributed by atoms with Crippen molar-refractivity contribution < 1.29 is 0 Å². The predicted octanol–water partition coefficient (Wildman–Crippen LogP) is 3.33. The van der Waals surface area contributed by atoms with Crippen LogP contribution in [0.1, 0.15) is 25.6 Å². The molecule has 0 amide bonds. The van der Waals surface area contributed by atoms with Crippen molar-refractivity contribution in [1.82, 2.24) is 10.2 Å². The Morgan fingerprint density at radius 3 is 2.94 bits per heavy atom. The quantitative estimate of drug-likeness (QED) is 0.920. The van der Waals surface area contributed by atoms with Gasteiger partial charge < -0.3 is 5.32 Å². The van der Waals surface area contributed by atoms with Gasteiger partial charge in [0.1, 0.15) is 0 Å². The van der Waals surface area contributed by atoms with E-state index in [-0.39, 0.29) is 0 Å². The zero-order valence-corrected chi connectivity index (χ0v) is 13.1. The number of hydrogen-bond acceptors (Lipinski definition) is 3. The van der Waals surface area contributed by atoms with Crippen LogP contribution in [0.25, 0.3) is 0 Å². The lowest BCUT2D eigenvalue weighted by Crippen LogP contribution is -2.56. The lowest BCUT2D eigenvalue weighted by molar-refractivity contribution is 0.0964. The van der Waals surface area contributed by atoms with Crippen molar-refractivity contribution in [2.75, 3.05) is 13.1 Å². The Kier molecular flexibility index (Phi) is 4.64. The Morgan fingerprint density at radius 1 is 1.59 bits per heavy atom. The van der Waals surface area contributed by atoms with Crippen LogP contribution in [0.5, 0.6) is 0 Å². The highest BCUT2D eigenvalue weighted by Gasteiger charge is 2.28. The maximum absolute atomic E-state index is 3.63. The van der Waals surface area contributed by atoms with Crippen LogP contribution in [0.2, 0.25) is 0 Å². The SMILES string of the molecule is CC1CN(Cc2sccc2Br)C(C(C)C)CN1. The molecular formula is C13H21BrN2S. The molecule has 0 aliphatic carbocycles. The number of nitrogens with zero attached hydrogens (tertiary/aromatic N) is 1. The molecule has 2 nitrogen and oxygen atoms in total. The van der Waals surface area contributed by atoms with E-state index < -0.39 is 0 Å². The average Bonchev–Trinajstić information content (AvgIpc) is 2.64. The molecule has 2 unspecified atom stereocenters. The fraction of sp³-hybridized carbons (Fsp3) is 0.692. The third-order valence-electron chi connectivity index (χ3n) is 3.46. The second-order valence-corrected chi connectivity index (χ2v) is 7.10.